The molecular weight excluding hydrogens is 462 g/mol. The van der Waals surface area contributed by atoms with Gasteiger partial charge in [-0.05, 0) is 66.6 Å². The number of methoxy groups -OCH3 is 2. The zero-order chi connectivity index (χ0) is 24.6. The molecule has 2 fully saturated rings. The lowest BCUT2D eigenvalue weighted by Gasteiger charge is -2.34. The van der Waals surface area contributed by atoms with Crippen molar-refractivity contribution < 1.29 is 17.9 Å². The molecule has 5 rings (SSSR count). The number of piperazine rings is 1. The fourth-order valence-corrected chi connectivity index (χ4v) is 6.13. The van der Waals surface area contributed by atoms with Gasteiger partial charge in [0.25, 0.3) is 0 Å². The van der Waals surface area contributed by atoms with Crippen LogP contribution in [0.5, 0.6) is 11.5 Å². The van der Waals surface area contributed by atoms with Gasteiger partial charge in [0.05, 0.1) is 24.8 Å². The van der Waals surface area contributed by atoms with E-state index in [2.05, 4.69) is 39.8 Å². The number of hydrogen-bond acceptors (Lipinski definition) is 6. The summed E-state index contributed by atoms with van der Waals surface area (Å²) < 4.78 is 40.7. The van der Waals surface area contributed by atoms with E-state index in [-0.39, 0.29) is 10.3 Å². The number of nitrogens with one attached hydrogen (secondary N) is 1. The minimum absolute atomic E-state index is 0.203. The first-order valence-electron chi connectivity index (χ1n) is 12.0. The van der Waals surface area contributed by atoms with Gasteiger partial charge in [0, 0.05) is 38.1 Å². The summed E-state index contributed by atoms with van der Waals surface area (Å²) in [5.41, 5.74) is 1.79. The minimum atomic E-state index is -3.69. The lowest BCUT2D eigenvalue weighted by molar-refractivity contribution is 0.311. The van der Waals surface area contributed by atoms with E-state index in [9.17, 15) is 8.42 Å². The smallest absolute Gasteiger partial charge is 0.240 e. The second-order valence-corrected chi connectivity index (χ2v) is 11.4. The average molecular weight is 496 g/mol. The van der Waals surface area contributed by atoms with Crippen LogP contribution in [-0.2, 0) is 15.4 Å². The van der Waals surface area contributed by atoms with Crippen molar-refractivity contribution in [2.24, 2.45) is 0 Å². The maximum atomic E-state index is 13.4. The molecule has 0 bridgehead atoms. The summed E-state index contributed by atoms with van der Waals surface area (Å²) in [6.45, 7) is 3.88. The van der Waals surface area contributed by atoms with Crippen molar-refractivity contribution in [3.8, 4) is 11.5 Å². The molecule has 2 aliphatic rings. The van der Waals surface area contributed by atoms with E-state index < -0.39 is 10.0 Å². The summed E-state index contributed by atoms with van der Waals surface area (Å²) >= 11 is 0. The van der Waals surface area contributed by atoms with E-state index in [4.69, 9.17) is 9.47 Å². The van der Waals surface area contributed by atoms with Crippen molar-refractivity contribution in [3.63, 3.8) is 0 Å². The molecule has 1 saturated carbocycles. The van der Waals surface area contributed by atoms with Crippen molar-refractivity contribution in [2.45, 2.75) is 23.2 Å². The number of likely N-dealkylation sites (N-methyl/N-ethyl adjacent to an activating group) is 1. The minimum Gasteiger partial charge on any atom is -0.497 e. The van der Waals surface area contributed by atoms with Gasteiger partial charge < -0.3 is 19.3 Å². The first kappa shape index (κ1) is 23.9. The lowest BCUT2D eigenvalue weighted by atomic mass is 9.91. The molecule has 0 unspecified atom stereocenters. The molecular formula is C27H33N3O4S. The molecule has 0 radical (unpaired) electrons. The van der Waals surface area contributed by atoms with Crippen LogP contribution in [0.1, 0.15) is 18.4 Å². The number of nitrogens with zero attached hydrogens (tertiary/aromatic N) is 2. The highest BCUT2D eigenvalue weighted by Gasteiger charge is 2.45. The van der Waals surface area contributed by atoms with Crippen LogP contribution >= 0.6 is 0 Å². The Morgan fingerprint density at radius 1 is 0.943 bits per heavy atom. The van der Waals surface area contributed by atoms with Crippen molar-refractivity contribution in [3.05, 3.63) is 60.2 Å². The Hall–Kier alpha value is -2.81. The molecule has 0 spiro atoms. The SMILES string of the molecule is COc1ccc2cccc(C3(CNS(=O)(=O)c4ccc(OC)c(N5CCN(C)CC5)c4)CC3)c2c1. The molecule has 1 heterocycles. The summed E-state index contributed by atoms with van der Waals surface area (Å²) in [7, 11) is 1.69. The van der Waals surface area contributed by atoms with E-state index in [1.165, 1.54) is 5.56 Å². The van der Waals surface area contributed by atoms with Gasteiger partial charge in [0.15, 0.2) is 0 Å². The molecule has 1 saturated heterocycles. The fourth-order valence-electron chi connectivity index (χ4n) is 4.98. The van der Waals surface area contributed by atoms with Gasteiger partial charge >= 0.3 is 0 Å². The van der Waals surface area contributed by atoms with Gasteiger partial charge in [-0.1, -0.05) is 24.3 Å². The molecule has 35 heavy (non-hydrogen) atoms. The largest absolute Gasteiger partial charge is 0.497 e. The highest BCUT2D eigenvalue weighted by molar-refractivity contribution is 7.89. The van der Waals surface area contributed by atoms with Gasteiger partial charge in [-0.25, -0.2) is 13.1 Å². The zero-order valence-corrected chi connectivity index (χ0v) is 21.4. The van der Waals surface area contributed by atoms with Gasteiger partial charge in [0.1, 0.15) is 11.5 Å². The third-order valence-corrected chi connectivity index (χ3v) is 8.82. The van der Waals surface area contributed by atoms with Crippen LogP contribution in [0.25, 0.3) is 10.8 Å². The van der Waals surface area contributed by atoms with Crippen LogP contribution in [0.2, 0.25) is 0 Å². The van der Waals surface area contributed by atoms with Gasteiger partial charge in [-0.3, -0.25) is 0 Å². The molecule has 8 heteroatoms. The number of benzene rings is 3. The number of anilines is 1. The summed E-state index contributed by atoms with van der Waals surface area (Å²) in [6.07, 6.45) is 1.89. The Labute approximate surface area is 207 Å². The Morgan fingerprint density at radius 3 is 2.40 bits per heavy atom. The fraction of sp³-hybridized carbons (Fsp3) is 0.407. The van der Waals surface area contributed by atoms with Gasteiger partial charge in [0.2, 0.25) is 10.0 Å². The van der Waals surface area contributed by atoms with Gasteiger partial charge in [-0.15, -0.1) is 0 Å². The van der Waals surface area contributed by atoms with Crippen molar-refractivity contribution in [1.29, 1.82) is 0 Å². The molecule has 0 atom stereocenters. The maximum Gasteiger partial charge on any atom is 0.240 e. The topological polar surface area (TPSA) is 71.1 Å². The summed E-state index contributed by atoms with van der Waals surface area (Å²) in [5, 5.41) is 2.25. The molecule has 3 aromatic rings. The third kappa shape index (κ3) is 4.70. The van der Waals surface area contributed by atoms with Crippen LogP contribution in [0.15, 0.2) is 59.5 Å². The first-order chi connectivity index (χ1) is 16.8. The standard InChI is InChI=1S/C27H33N3O4S/c1-29-13-15-30(16-14-29)25-18-22(9-10-26(25)34-3)35(31,32)28-19-27(11-12-27)24-6-4-5-20-7-8-21(33-2)17-23(20)24/h4-10,17-18,28H,11-16,19H2,1-3H3. The maximum absolute atomic E-state index is 13.4. The Bertz CT molecular complexity index is 1330. The number of hydrogen-bond donors (Lipinski definition) is 1. The molecule has 1 aliphatic heterocycles. The van der Waals surface area contributed by atoms with Crippen molar-refractivity contribution in [2.75, 3.05) is 58.9 Å². The summed E-state index contributed by atoms with van der Waals surface area (Å²) in [4.78, 5) is 4.73. The predicted molar refractivity (Wildman–Crippen MR) is 139 cm³/mol. The monoisotopic (exact) mass is 495 g/mol. The number of fused-ring (bicyclic) bond motifs is 1. The van der Waals surface area contributed by atoms with Crippen LogP contribution in [0.3, 0.4) is 0 Å². The Balaban J connectivity index is 1.40. The normalized spacial score (nSPS) is 18.0. The highest BCUT2D eigenvalue weighted by Crippen LogP contribution is 2.50. The van der Waals surface area contributed by atoms with Crippen molar-refractivity contribution in [1.82, 2.24) is 9.62 Å². The Morgan fingerprint density at radius 2 is 1.71 bits per heavy atom. The Kier molecular flexibility index (Phi) is 6.38. The van der Waals surface area contributed by atoms with Crippen LogP contribution < -0.4 is 19.1 Å². The van der Waals surface area contributed by atoms with E-state index in [1.54, 1.807) is 32.4 Å². The third-order valence-electron chi connectivity index (χ3n) is 7.42. The molecule has 1 N–H and O–H groups in total. The quantitative estimate of drug-likeness (QED) is 0.515. The van der Waals surface area contributed by atoms with E-state index >= 15 is 0 Å². The molecule has 3 aromatic carbocycles. The van der Waals surface area contributed by atoms with Crippen LogP contribution in [0.4, 0.5) is 5.69 Å². The number of rotatable bonds is 8. The second-order valence-electron chi connectivity index (χ2n) is 9.62. The van der Waals surface area contributed by atoms with E-state index in [1.807, 2.05) is 18.2 Å². The summed E-state index contributed by atoms with van der Waals surface area (Å²) in [5.74, 6) is 1.49. The molecule has 1 aliphatic carbocycles. The van der Waals surface area contributed by atoms with Crippen LogP contribution in [0, 0.1) is 0 Å². The molecule has 186 valence electrons. The predicted octanol–water partition coefficient (Wildman–Crippen LogP) is 3.62. The van der Waals surface area contributed by atoms with E-state index in [0.29, 0.717) is 12.3 Å². The second kappa shape index (κ2) is 9.33. The number of sulfonamides is 1. The first-order valence-corrected chi connectivity index (χ1v) is 13.5. The van der Waals surface area contributed by atoms with Crippen molar-refractivity contribution >= 4 is 26.5 Å². The van der Waals surface area contributed by atoms with Crippen LogP contribution in [-0.4, -0.2) is 67.3 Å². The lowest BCUT2D eigenvalue weighted by Crippen LogP contribution is -2.44. The molecule has 0 amide bonds. The number of ether oxygens (including phenoxy) is 2. The zero-order valence-electron chi connectivity index (χ0n) is 20.6. The average Bonchev–Trinajstić information content (AvgIpc) is 3.68. The highest BCUT2D eigenvalue weighted by atomic mass is 32.2. The summed E-state index contributed by atoms with van der Waals surface area (Å²) in [6, 6.07) is 17.4. The van der Waals surface area contributed by atoms with Gasteiger partial charge in [-0.2, -0.15) is 0 Å². The molecule has 0 aromatic heterocycles. The molecule has 7 nitrogen and oxygen atoms in total. The van der Waals surface area contributed by atoms with E-state index in [0.717, 1.165) is 61.2 Å².